The van der Waals surface area contributed by atoms with E-state index in [0.717, 1.165) is 12.1 Å². The molecule has 2 aromatic rings. The molecule has 122 valence electrons. The van der Waals surface area contributed by atoms with E-state index in [1.165, 1.54) is 0 Å². The first-order valence-corrected chi connectivity index (χ1v) is 6.76. The summed E-state index contributed by atoms with van der Waals surface area (Å²) in [5.41, 5.74) is 4.05. The van der Waals surface area contributed by atoms with Gasteiger partial charge in [0.1, 0.15) is 23.7 Å². The molecule has 5 nitrogen and oxygen atoms in total. The molecule has 0 aliphatic carbocycles. The Kier molecular flexibility index (Phi) is 5.48. The van der Waals surface area contributed by atoms with E-state index < -0.39 is 41.6 Å². The van der Waals surface area contributed by atoms with Crippen molar-refractivity contribution >= 4 is 5.91 Å². The van der Waals surface area contributed by atoms with Crippen molar-refractivity contribution in [2.75, 3.05) is 13.2 Å². The van der Waals surface area contributed by atoms with Gasteiger partial charge in [-0.05, 0) is 24.3 Å². The second-order valence-corrected chi connectivity index (χ2v) is 4.65. The zero-order chi connectivity index (χ0) is 16.8. The fourth-order valence-corrected chi connectivity index (χ4v) is 1.86. The number of primary amides is 1. The van der Waals surface area contributed by atoms with Crippen LogP contribution in [-0.2, 0) is 0 Å². The van der Waals surface area contributed by atoms with Gasteiger partial charge in [0.15, 0.2) is 17.7 Å². The highest BCUT2D eigenvalue weighted by atomic mass is 19.1. The quantitative estimate of drug-likeness (QED) is 0.815. The normalized spacial score (nSPS) is 11.8. The third-order valence-corrected chi connectivity index (χ3v) is 2.98. The van der Waals surface area contributed by atoms with Gasteiger partial charge in [-0.25, -0.2) is 8.78 Å². The number of carbonyl (C=O) groups excluding carboxylic acids is 1. The summed E-state index contributed by atoms with van der Waals surface area (Å²) in [5, 5.41) is 9.30. The van der Waals surface area contributed by atoms with Crippen LogP contribution < -0.4 is 15.2 Å². The van der Waals surface area contributed by atoms with Crippen molar-refractivity contribution in [1.82, 2.24) is 0 Å². The summed E-state index contributed by atoms with van der Waals surface area (Å²) in [6.07, 6.45) is -0.907. The van der Waals surface area contributed by atoms with Gasteiger partial charge < -0.3 is 20.3 Å². The summed E-state index contributed by atoms with van der Waals surface area (Å²) in [5.74, 6) is -3.38. The molecule has 0 saturated heterocycles. The fourth-order valence-electron chi connectivity index (χ4n) is 1.86. The van der Waals surface area contributed by atoms with Crippen molar-refractivity contribution in [1.29, 1.82) is 0 Å². The maximum atomic E-state index is 14.1. The number of hydrogen-bond acceptors (Lipinski definition) is 4. The first kappa shape index (κ1) is 16.7. The number of aliphatic hydroxyl groups is 1. The van der Waals surface area contributed by atoms with Gasteiger partial charge in [0.2, 0.25) is 0 Å². The number of rotatable bonds is 7. The third-order valence-electron chi connectivity index (χ3n) is 2.98. The lowest BCUT2D eigenvalue weighted by Crippen LogP contribution is -2.29. The van der Waals surface area contributed by atoms with Crippen LogP contribution in [0.2, 0.25) is 0 Å². The molecule has 2 rings (SSSR count). The van der Waals surface area contributed by atoms with Gasteiger partial charge in [-0.2, -0.15) is 0 Å². The minimum atomic E-state index is -1.24. The molecule has 1 unspecified atom stereocenters. The lowest BCUT2D eigenvalue weighted by Gasteiger charge is -2.18. The smallest absolute Gasteiger partial charge is 0.254 e. The highest BCUT2D eigenvalue weighted by Crippen LogP contribution is 2.24. The van der Waals surface area contributed by atoms with E-state index in [2.05, 4.69) is 0 Å². The molecule has 2 aromatic carbocycles. The van der Waals surface area contributed by atoms with Crippen LogP contribution >= 0.6 is 0 Å². The van der Waals surface area contributed by atoms with Crippen molar-refractivity contribution < 1.29 is 28.2 Å². The average molecular weight is 323 g/mol. The molecule has 1 atom stereocenters. The Bertz CT molecular complexity index is 679. The van der Waals surface area contributed by atoms with Gasteiger partial charge in [0.25, 0.3) is 5.91 Å². The summed E-state index contributed by atoms with van der Waals surface area (Å²) < 4.78 is 38.1. The van der Waals surface area contributed by atoms with Crippen LogP contribution in [0.25, 0.3) is 0 Å². The molecule has 0 aliphatic heterocycles. The van der Waals surface area contributed by atoms with Gasteiger partial charge in [0.05, 0.1) is 6.61 Å². The van der Waals surface area contributed by atoms with Crippen LogP contribution in [0.4, 0.5) is 8.78 Å². The van der Waals surface area contributed by atoms with Gasteiger partial charge >= 0.3 is 0 Å². The molecule has 7 heteroatoms. The van der Waals surface area contributed by atoms with E-state index in [1.54, 1.807) is 24.3 Å². The Balaban J connectivity index is 2.10. The maximum absolute atomic E-state index is 14.1. The minimum absolute atomic E-state index is 0.0662. The minimum Gasteiger partial charge on any atom is -0.490 e. The summed E-state index contributed by atoms with van der Waals surface area (Å²) in [6, 6.07) is 10.6. The molecule has 1 amide bonds. The van der Waals surface area contributed by atoms with Crippen molar-refractivity contribution in [3.63, 3.8) is 0 Å². The third kappa shape index (κ3) is 4.17. The van der Waals surface area contributed by atoms with E-state index in [9.17, 15) is 18.7 Å². The van der Waals surface area contributed by atoms with Crippen LogP contribution in [0.3, 0.4) is 0 Å². The maximum Gasteiger partial charge on any atom is 0.254 e. The van der Waals surface area contributed by atoms with E-state index >= 15 is 0 Å². The number of nitrogens with two attached hydrogens (primary N) is 1. The topological polar surface area (TPSA) is 81.8 Å². The van der Waals surface area contributed by atoms with Gasteiger partial charge in [-0.1, -0.05) is 18.2 Å². The van der Waals surface area contributed by atoms with Crippen LogP contribution in [0.1, 0.15) is 10.4 Å². The summed E-state index contributed by atoms with van der Waals surface area (Å²) >= 11 is 0. The number of amides is 1. The Hall–Kier alpha value is -2.67. The zero-order valence-corrected chi connectivity index (χ0v) is 12.0. The average Bonchev–Trinajstić information content (AvgIpc) is 2.54. The molecule has 0 aliphatic rings. The van der Waals surface area contributed by atoms with E-state index in [0.29, 0.717) is 5.75 Å². The van der Waals surface area contributed by atoms with E-state index in [4.69, 9.17) is 15.2 Å². The highest BCUT2D eigenvalue weighted by molar-refractivity contribution is 5.93. The Morgan fingerprint density at radius 1 is 1.17 bits per heavy atom. The number of benzene rings is 2. The Labute approximate surface area is 131 Å². The molecule has 0 heterocycles. The summed E-state index contributed by atoms with van der Waals surface area (Å²) in [7, 11) is 0. The number of halogens is 2. The standard InChI is InChI=1S/C16H15F2NO4/c17-12-6-7-13(15(18)14(12)16(19)21)23-11(8-20)9-22-10-4-2-1-3-5-10/h1-7,11,20H,8-9H2,(H2,19,21). The van der Waals surface area contributed by atoms with Crippen LogP contribution in [0.5, 0.6) is 11.5 Å². The molecule has 3 N–H and O–H groups in total. The monoisotopic (exact) mass is 323 g/mol. The molecular weight excluding hydrogens is 308 g/mol. The van der Waals surface area contributed by atoms with E-state index in [-0.39, 0.29) is 6.61 Å². The predicted molar refractivity (Wildman–Crippen MR) is 78.3 cm³/mol. The molecule has 23 heavy (non-hydrogen) atoms. The van der Waals surface area contributed by atoms with E-state index in [1.807, 2.05) is 6.07 Å². The predicted octanol–water partition coefficient (Wildman–Crippen LogP) is 1.88. The number of para-hydroxylation sites is 1. The molecule has 0 radical (unpaired) electrons. The summed E-state index contributed by atoms with van der Waals surface area (Å²) in [6.45, 7) is -0.529. The molecule has 0 saturated carbocycles. The van der Waals surface area contributed by atoms with Crippen molar-refractivity contribution in [3.8, 4) is 11.5 Å². The molecule has 0 bridgehead atoms. The second kappa shape index (κ2) is 7.55. The summed E-state index contributed by atoms with van der Waals surface area (Å²) in [4.78, 5) is 11.1. The van der Waals surface area contributed by atoms with Crippen molar-refractivity contribution in [3.05, 3.63) is 59.7 Å². The molecule has 0 aromatic heterocycles. The van der Waals surface area contributed by atoms with Crippen LogP contribution in [0.15, 0.2) is 42.5 Å². The van der Waals surface area contributed by atoms with Crippen molar-refractivity contribution in [2.45, 2.75) is 6.10 Å². The number of aliphatic hydroxyl groups excluding tert-OH is 1. The second-order valence-electron chi connectivity index (χ2n) is 4.65. The van der Waals surface area contributed by atoms with Crippen LogP contribution in [0, 0.1) is 11.6 Å². The highest BCUT2D eigenvalue weighted by Gasteiger charge is 2.21. The zero-order valence-electron chi connectivity index (χ0n) is 12.0. The lowest BCUT2D eigenvalue weighted by molar-refractivity contribution is 0.0684. The Morgan fingerprint density at radius 3 is 2.48 bits per heavy atom. The first-order chi connectivity index (χ1) is 11.0. The molecular formula is C16H15F2NO4. The van der Waals surface area contributed by atoms with Crippen molar-refractivity contribution in [2.24, 2.45) is 5.73 Å². The molecule has 0 spiro atoms. The van der Waals surface area contributed by atoms with Gasteiger partial charge in [-0.3, -0.25) is 4.79 Å². The van der Waals surface area contributed by atoms with Gasteiger partial charge in [0, 0.05) is 0 Å². The lowest BCUT2D eigenvalue weighted by atomic mass is 10.1. The van der Waals surface area contributed by atoms with Gasteiger partial charge in [-0.15, -0.1) is 0 Å². The fraction of sp³-hybridized carbons (Fsp3) is 0.188. The first-order valence-electron chi connectivity index (χ1n) is 6.76. The number of hydrogen-bond donors (Lipinski definition) is 2. The number of ether oxygens (including phenoxy) is 2. The largest absolute Gasteiger partial charge is 0.490 e. The Morgan fingerprint density at radius 2 is 1.87 bits per heavy atom. The van der Waals surface area contributed by atoms with Crippen LogP contribution in [-0.4, -0.2) is 30.3 Å². The SMILES string of the molecule is NC(=O)c1c(F)ccc(OC(CO)COc2ccccc2)c1F. The number of carbonyl (C=O) groups is 1. The molecule has 0 fully saturated rings.